The molecule has 1 aromatic heterocycles. The summed E-state index contributed by atoms with van der Waals surface area (Å²) in [5.41, 5.74) is 6.50. The van der Waals surface area contributed by atoms with E-state index in [4.69, 9.17) is 5.73 Å². The lowest BCUT2D eigenvalue weighted by Crippen LogP contribution is -2.39. The highest BCUT2D eigenvalue weighted by Gasteiger charge is 2.32. The highest BCUT2D eigenvalue weighted by molar-refractivity contribution is 7.91. The zero-order valence-corrected chi connectivity index (χ0v) is 13.1. The molecule has 2 unspecified atom stereocenters. The molecule has 0 aliphatic carbocycles. The van der Waals surface area contributed by atoms with Crippen molar-refractivity contribution in [2.75, 3.05) is 18.6 Å². The Morgan fingerprint density at radius 3 is 2.90 bits per heavy atom. The van der Waals surface area contributed by atoms with Crippen molar-refractivity contribution in [1.82, 2.24) is 19.9 Å². The summed E-state index contributed by atoms with van der Waals surface area (Å²) in [6.45, 7) is 1.99. The monoisotopic (exact) mass is 315 g/mol. The van der Waals surface area contributed by atoms with Crippen LogP contribution in [-0.4, -0.2) is 58.8 Å². The molecule has 9 heteroatoms. The van der Waals surface area contributed by atoms with E-state index in [9.17, 15) is 13.2 Å². The van der Waals surface area contributed by atoms with Crippen molar-refractivity contribution in [3.05, 3.63) is 11.9 Å². The normalized spacial score (nSPS) is 22.1. The third-order valence-corrected chi connectivity index (χ3v) is 5.57. The Balaban J connectivity index is 1.96. The Hall–Kier alpha value is -1.48. The van der Waals surface area contributed by atoms with E-state index in [0.717, 1.165) is 6.42 Å². The summed E-state index contributed by atoms with van der Waals surface area (Å²) in [4.78, 5) is 13.7. The van der Waals surface area contributed by atoms with Crippen LogP contribution in [0.15, 0.2) is 6.20 Å². The third-order valence-electron chi connectivity index (χ3n) is 3.82. The first-order valence-electron chi connectivity index (χ1n) is 6.94. The van der Waals surface area contributed by atoms with Gasteiger partial charge < -0.3 is 10.6 Å². The summed E-state index contributed by atoms with van der Waals surface area (Å²) in [5.74, 6) is 0.00534. The van der Waals surface area contributed by atoms with Gasteiger partial charge in [-0.05, 0) is 12.8 Å². The highest BCUT2D eigenvalue weighted by atomic mass is 32.2. The number of rotatable bonds is 5. The summed E-state index contributed by atoms with van der Waals surface area (Å²) in [6, 6.07) is -0.435. The van der Waals surface area contributed by atoms with Gasteiger partial charge in [0.05, 0.1) is 29.4 Å². The fraction of sp³-hybridized carbons (Fsp3) is 0.750. The summed E-state index contributed by atoms with van der Waals surface area (Å²) in [5, 5.41) is 7.83. The molecule has 0 spiro atoms. The van der Waals surface area contributed by atoms with E-state index in [1.807, 2.05) is 6.92 Å². The summed E-state index contributed by atoms with van der Waals surface area (Å²) >= 11 is 0. The van der Waals surface area contributed by atoms with Crippen LogP contribution in [-0.2, 0) is 21.2 Å². The van der Waals surface area contributed by atoms with Crippen molar-refractivity contribution < 1.29 is 13.2 Å². The first-order chi connectivity index (χ1) is 9.82. The standard InChI is InChI=1S/C12H21N5O3S/c1-3-10(13)11-6-17(15-14-11)7-12(18)16(2)9-4-5-21(19,20)8-9/h6,9-10H,3-5,7-8,13H2,1-2H3. The van der Waals surface area contributed by atoms with E-state index in [2.05, 4.69) is 10.3 Å². The van der Waals surface area contributed by atoms with Gasteiger partial charge in [0.25, 0.3) is 0 Å². The number of likely N-dealkylation sites (N-methyl/N-ethyl adjacent to an activating group) is 1. The van der Waals surface area contributed by atoms with Crippen LogP contribution in [0.2, 0.25) is 0 Å². The quantitative estimate of drug-likeness (QED) is 0.771. The smallest absolute Gasteiger partial charge is 0.244 e. The molecule has 21 heavy (non-hydrogen) atoms. The molecule has 1 aromatic rings. The molecule has 1 amide bonds. The lowest BCUT2D eigenvalue weighted by atomic mass is 10.2. The number of sulfone groups is 1. The van der Waals surface area contributed by atoms with Gasteiger partial charge in [-0.25, -0.2) is 13.1 Å². The van der Waals surface area contributed by atoms with Crippen molar-refractivity contribution in [3.8, 4) is 0 Å². The number of carbonyl (C=O) groups excluding carboxylic acids is 1. The maximum absolute atomic E-state index is 12.2. The molecule has 1 aliphatic heterocycles. The predicted molar refractivity (Wildman–Crippen MR) is 77.1 cm³/mol. The molecule has 0 bridgehead atoms. The van der Waals surface area contributed by atoms with Crippen LogP contribution >= 0.6 is 0 Å². The van der Waals surface area contributed by atoms with E-state index < -0.39 is 9.84 Å². The number of hydrogen-bond donors (Lipinski definition) is 1. The molecule has 2 heterocycles. The van der Waals surface area contributed by atoms with Gasteiger partial charge in [-0.3, -0.25) is 4.79 Å². The van der Waals surface area contributed by atoms with Gasteiger partial charge >= 0.3 is 0 Å². The van der Waals surface area contributed by atoms with Crippen molar-refractivity contribution in [3.63, 3.8) is 0 Å². The van der Waals surface area contributed by atoms with E-state index in [1.54, 1.807) is 13.2 Å². The summed E-state index contributed by atoms with van der Waals surface area (Å²) in [6.07, 6.45) is 2.89. The van der Waals surface area contributed by atoms with Crippen LogP contribution in [0.5, 0.6) is 0 Å². The second-order valence-corrected chi connectivity index (χ2v) is 7.65. The Bertz CT molecular complexity index is 612. The number of hydrogen-bond acceptors (Lipinski definition) is 6. The minimum atomic E-state index is -3.00. The van der Waals surface area contributed by atoms with Gasteiger partial charge in [0, 0.05) is 13.1 Å². The molecule has 0 radical (unpaired) electrons. The van der Waals surface area contributed by atoms with Crippen LogP contribution in [0.1, 0.15) is 31.5 Å². The predicted octanol–water partition coefficient (Wildman–Crippen LogP) is -0.667. The van der Waals surface area contributed by atoms with Crippen molar-refractivity contribution in [2.24, 2.45) is 5.73 Å². The van der Waals surface area contributed by atoms with Crippen LogP contribution < -0.4 is 5.73 Å². The number of aromatic nitrogens is 3. The van der Waals surface area contributed by atoms with Gasteiger partial charge in [-0.2, -0.15) is 0 Å². The van der Waals surface area contributed by atoms with Gasteiger partial charge in [-0.1, -0.05) is 12.1 Å². The molecule has 0 saturated carbocycles. The SMILES string of the molecule is CCC(N)c1cn(CC(=O)N(C)C2CCS(=O)(=O)C2)nn1. The zero-order valence-electron chi connectivity index (χ0n) is 12.3. The van der Waals surface area contributed by atoms with Crippen molar-refractivity contribution in [2.45, 2.75) is 38.4 Å². The number of nitrogens with zero attached hydrogens (tertiary/aromatic N) is 4. The van der Waals surface area contributed by atoms with Crippen LogP contribution in [0, 0.1) is 0 Å². The molecule has 0 aromatic carbocycles. The molecular weight excluding hydrogens is 294 g/mol. The zero-order chi connectivity index (χ0) is 15.6. The topological polar surface area (TPSA) is 111 Å². The fourth-order valence-electron chi connectivity index (χ4n) is 2.30. The average Bonchev–Trinajstić information content (AvgIpc) is 3.03. The minimum Gasteiger partial charge on any atom is -0.340 e. The number of carbonyl (C=O) groups is 1. The van der Waals surface area contributed by atoms with Gasteiger partial charge in [0.2, 0.25) is 5.91 Å². The molecule has 1 saturated heterocycles. The van der Waals surface area contributed by atoms with Crippen molar-refractivity contribution >= 4 is 15.7 Å². The summed E-state index contributed by atoms with van der Waals surface area (Å²) < 4.78 is 24.4. The van der Waals surface area contributed by atoms with E-state index >= 15 is 0 Å². The summed E-state index contributed by atoms with van der Waals surface area (Å²) in [7, 11) is -1.37. The largest absolute Gasteiger partial charge is 0.340 e. The van der Waals surface area contributed by atoms with Crippen LogP contribution in [0.25, 0.3) is 0 Å². The van der Waals surface area contributed by atoms with E-state index in [1.165, 1.54) is 9.58 Å². The Morgan fingerprint density at radius 1 is 1.62 bits per heavy atom. The van der Waals surface area contributed by atoms with E-state index in [0.29, 0.717) is 12.1 Å². The lowest BCUT2D eigenvalue weighted by Gasteiger charge is -2.23. The molecule has 2 rings (SSSR count). The lowest BCUT2D eigenvalue weighted by molar-refractivity contribution is -0.132. The molecule has 2 N–H and O–H groups in total. The number of nitrogens with two attached hydrogens (primary N) is 1. The Morgan fingerprint density at radius 2 is 2.33 bits per heavy atom. The first-order valence-corrected chi connectivity index (χ1v) is 8.76. The number of amides is 1. The Kier molecular flexibility index (Phi) is 4.62. The van der Waals surface area contributed by atoms with Crippen molar-refractivity contribution in [1.29, 1.82) is 0 Å². The molecule has 1 fully saturated rings. The van der Waals surface area contributed by atoms with Crippen LogP contribution in [0.4, 0.5) is 0 Å². The maximum Gasteiger partial charge on any atom is 0.244 e. The first kappa shape index (κ1) is 15.9. The molecule has 2 atom stereocenters. The second kappa shape index (κ2) is 6.10. The van der Waals surface area contributed by atoms with Gasteiger partial charge in [0.15, 0.2) is 9.84 Å². The molecule has 1 aliphatic rings. The maximum atomic E-state index is 12.2. The third kappa shape index (κ3) is 3.79. The fourth-order valence-corrected chi connectivity index (χ4v) is 4.08. The minimum absolute atomic E-state index is 0.0382. The van der Waals surface area contributed by atoms with Gasteiger partial charge in [-0.15, -0.1) is 5.10 Å². The second-order valence-electron chi connectivity index (χ2n) is 5.42. The van der Waals surface area contributed by atoms with Crippen LogP contribution in [0.3, 0.4) is 0 Å². The Labute approximate surface area is 124 Å². The molecule has 118 valence electrons. The van der Waals surface area contributed by atoms with E-state index in [-0.39, 0.29) is 36.0 Å². The average molecular weight is 315 g/mol. The van der Waals surface area contributed by atoms with Gasteiger partial charge in [0.1, 0.15) is 6.54 Å². The molecular formula is C12H21N5O3S. The highest BCUT2D eigenvalue weighted by Crippen LogP contribution is 2.17. The molecule has 8 nitrogen and oxygen atoms in total.